The molecule has 104 valence electrons. The minimum Gasteiger partial charge on any atom is -0.481 e. The van der Waals surface area contributed by atoms with Crippen LogP contribution in [0.1, 0.15) is 23.2 Å². The second-order valence-corrected chi connectivity index (χ2v) is 5.95. The van der Waals surface area contributed by atoms with Crippen LogP contribution in [0.2, 0.25) is 0 Å². The van der Waals surface area contributed by atoms with Gasteiger partial charge < -0.3 is 5.11 Å². The first kappa shape index (κ1) is 13.2. The maximum atomic E-state index is 10.7. The van der Waals surface area contributed by atoms with Crippen LogP contribution < -0.4 is 0 Å². The van der Waals surface area contributed by atoms with Gasteiger partial charge in [0.1, 0.15) is 0 Å². The monoisotopic (exact) mass is 288 g/mol. The Kier molecular flexibility index (Phi) is 3.53. The van der Waals surface area contributed by atoms with E-state index < -0.39 is 5.97 Å². The average molecular weight is 288 g/mol. The van der Waals surface area contributed by atoms with E-state index in [0.717, 1.165) is 23.0 Å². The minimum atomic E-state index is -0.823. The number of imidazole rings is 1. The summed E-state index contributed by atoms with van der Waals surface area (Å²) in [5, 5.41) is 9.55. The van der Waals surface area contributed by atoms with Crippen LogP contribution in [0.25, 0.3) is 5.69 Å². The Morgan fingerprint density at radius 3 is 3.00 bits per heavy atom. The third kappa shape index (κ3) is 2.45. The van der Waals surface area contributed by atoms with Crippen molar-refractivity contribution in [1.29, 1.82) is 0 Å². The van der Waals surface area contributed by atoms with Gasteiger partial charge in [-0.1, -0.05) is 17.8 Å². The molecular weight excluding hydrogens is 272 g/mol. The first-order valence-electron chi connectivity index (χ1n) is 6.66. The Labute approximate surface area is 121 Å². The summed E-state index contributed by atoms with van der Waals surface area (Å²) in [5.74, 6) is -0.794. The zero-order chi connectivity index (χ0) is 14.1. The highest BCUT2D eigenvalue weighted by atomic mass is 32.2. The largest absolute Gasteiger partial charge is 0.481 e. The van der Waals surface area contributed by atoms with Crippen molar-refractivity contribution in [2.24, 2.45) is 0 Å². The van der Waals surface area contributed by atoms with Crippen molar-refractivity contribution in [2.75, 3.05) is 5.75 Å². The van der Waals surface area contributed by atoms with Crippen LogP contribution in [0.5, 0.6) is 0 Å². The number of rotatable bonds is 4. The molecule has 0 aliphatic heterocycles. The van der Waals surface area contributed by atoms with Crippen molar-refractivity contribution in [3.05, 3.63) is 41.2 Å². The van der Waals surface area contributed by atoms with E-state index in [9.17, 15) is 4.79 Å². The Morgan fingerprint density at radius 1 is 1.40 bits per heavy atom. The maximum Gasteiger partial charge on any atom is 0.313 e. The van der Waals surface area contributed by atoms with E-state index >= 15 is 0 Å². The number of carbonyl (C=O) groups is 1. The van der Waals surface area contributed by atoms with E-state index in [1.54, 1.807) is 6.20 Å². The van der Waals surface area contributed by atoms with Crippen molar-refractivity contribution >= 4 is 17.7 Å². The molecule has 0 radical (unpaired) electrons. The van der Waals surface area contributed by atoms with Crippen LogP contribution in [0.3, 0.4) is 0 Å². The van der Waals surface area contributed by atoms with Gasteiger partial charge in [-0.25, -0.2) is 4.98 Å². The summed E-state index contributed by atoms with van der Waals surface area (Å²) >= 11 is 1.26. The quantitative estimate of drug-likeness (QED) is 0.879. The molecule has 0 amide bonds. The molecule has 0 fully saturated rings. The predicted octanol–water partition coefficient (Wildman–Crippen LogP) is 2.85. The van der Waals surface area contributed by atoms with Gasteiger partial charge in [0.25, 0.3) is 0 Å². The second-order valence-electron chi connectivity index (χ2n) is 5.01. The van der Waals surface area contributed by atoms with Crippen molar-refractivity contribution in [3.8, 4) is 5.69 Å². The lowest BCUT2D eigenvalue weighted by Crippen LogP contribution is -2.03. The molecule has 0 spiro atoms. The lowest BCUT2D eigenvalue weighted by atomic mass is 10.1. The highest BCUT2D eigenvalue weighted by Crippen LogP contribution is 2.28. The van der Waals surface area contributed by atoms with Gasteiger partial charge in [-0.15, -0.1) is 0 Å². The van der Waals surface area contributed by atoms with Crippen molar-refractivity contribution in [3.63, 3.8) is 0 Å². The summed E-state index contributed by atoms with van der Waals surface area (Å²) in [6.07, 6.45) is 5.31. The van der Waals surface area contributed by atoms with Crippen LogP contribution in [0, 0.1) is 6.92 Å². The van der Waals surface area contributed by atoms with Crippen LogP contribution in [-0.2, 0) is 17.6 Å². The summed E-state index contributed by atoms with van der Waals surface area (Å²) in [6, 6.07) is 6.49. The Morgan fingerprint density at radius 2 is 2.20 bits per heavy atom. The molecule has 2 aromatic rings. The standard InChI is InChI=1S/C15H16N2O2S/c1-10-8-16-15(20-9-14(18)19)17(10)13-6-5-11-3-2-4-12(11)7-13/h5-8H,2-4,9H2,1H3,(H,18,19). The number of hydrogen-bond acceptors (Lipinski definition) is 3. The predicted molar refractivity (Wildman–Crippen MR) is 78.7 cm³/mol. The number of carboxylic acids is 1. The van der Waals surface area contributed by atoms with E-state index in [0.29, 0.717) is 0 Å². The zero-order valence-corrected chi connectivity index (χ0v) is 12.1. The molecule has 1 N–H and O–H groups in total. The first-order valence-corrected chi connectivity index (χ1v) is 7.65. The maximum absolute atomic E-state index is 10.7. The smallest absolute Gasteiger partial charge is 0.313 e. The normalized spacial score (nSPS) is 13.4. The topological polar surface area (TPSA) is 55.1 Å². The number of aromatic nitrogens is 2. The molecule has 5 heteroatoms. The fourth-order valence-corrected chi connectivity index (χ4v) is 3.41. The third-order valence-corrected chi connectivity index (χ3v) is 4.51. The van der Waals surface area contributed by atoms with Crippen molar-refractivity contribution < 1.29 is 9.90 Å². The van der Waals surface area contributed by atoms with E-state index in [1.165, 1.54) is 35.7 Å². The van der Waals surface area contributed by atoms with Crippen molar-refractivity contribution in [2.45, 2.75) is 31.3 Å². The molecular formula is C15H16N2O2S. The van der Waals surface area contributed by atoms with Gasteiger partial charge in [0.05, 0.1) is 5.75 Å². The average Bonchev–Trinajstić information content (AvgIpc) is 3.01. The molecule has 4 nitrogen and oxygen atoms in total. The summed E-state index contributed by atoms with van der Waals surface area (Å²) in [7, 11) is 0. The third-order valence-electron chi connectivity index (χ3n) is 3.57. The number of benzene rings is 1. The second kappa shape index (κ2) is 5.32. The molecule has 1 aliphatic carbocycles. The lowest BCUT2D eigenvalue weighted by molar-refractivity contribution is -0.133. The van der Waals surface area contributed by atoms with Gasteiger partial charge in [0.2, 0.25) is 0 Å². The molecule has 0 atom stereocenters. The van der Waals surface area contributed by atoms with E-state index in [4.69, 9.17) is 5.11 Å². The molecule has 3 rings (SSSR count). The van der Waals surface area contributed by atoms with Crippen LogP contribution >= 0.6 is 11.8 Å². The Bertz CT molecular complexity index is 664. The van der Waals surface area contributed by atoms with Gasteiger partial charge in [0.15, 0.2) is 5.16 Å². The molecule has 1 aliphatic rings. The highest BCUT2D eigenvalue weighted by Gasteiger charge is 2.15. The number of carboxylic acid groups (broad SMARTS) is 1. The van der Waals surface area contributed by atoms with Crippen LogP contribution in [-0.4, -0.2) is 26.4 Å². The molecule has 0 unspecified atom stereocenters. The Hall–Kier alpha value is -1.75. The van der Waals surface area contributed by atoms with Gasteiger partial charge in [0, 0.05) is 17.6 Å². The number of aryl methyl sites for hydroxylation is 3. The molecule has 0 saturated carbocycles. The Balaban J connectivity index is 1.97. The summed E-state index contributed by atoms with van der Waals surface area (Å²) in [5.41, 5.74) is 4.94. The van der Waals surface area contributed by atoms with E-state index in [1.807, 2.05) is 11.5 Å². The van der Waals surface area contributed by atoms with Gasteiger partial charge in [-0.3, -0.25) is 9.36 Å². The summed E-state index contributed by atoms with van der Waals surface area (Å²) in [4.78, 5) is 15.0. The number of nitrogens with zero attached hydrogens (tertiary/aromatic N) is 2. The minimum absolute atomic E-state index is 0.0292. The summed E-state index contributed by atoms with van der Waals surface area (Å²) in [6.45, 7) is 1.99. The molecule has 1 heterocycles. The van der Waals surface area contributed by atoms with Crippen LogP contribution in [0.15, 0.2) is 29.6 Å². The number of aliphatic carboxylic acids is 1. The van der Waals surface area contributed by atoms with Crippen LogP contribution in [0.4, 0.5) is 0 Å². The van der Waals surface area contributed by atoms with Crippen molar-refractivity contribution in [1.82, 2.24) is 9.55 Å². The molecule has 1 aromatic carbocycles. The van der Waals surface area contributed by atoms with Gasteiger partial charge in [-0.2, -0.15) is 0 Å². The summed E-state index contributed by atoms with van der Waals surface area (Å²) < 4.78 is 2.03. The lowest BCUT2D eigenvalue weighted by Gasteiger charge is -2.11. The molecule has 1 aromatic heterocycles. The molecule has 20 heavy (non-hydrogen) atoms. The van der Waals surface area contributed by atoms with Gasteiger partial charge in [-0.05, 0) is 49.4 Å². The van der Waals surface area contributed by atoms with E-state index in [2.05, 4.69) is 23.2 Å². The fraction of sp³-hybridized carbons (Fsp3) is 0.333. The number of thioether (sulfide) groups is 1. The molecule has 0 bridgehead atoms. The first-order chi connectivity index (χ1) is 9.65. The fourth-order valence-electron chi connectivity index (χ4n) is 2.65. The molecule has 0 saturated heterocycles. The van der Waals surface area contributed by atoms with Gasteiger partial charge >= 0.3 is 5.97 Å². The number of fused-ring (bicyclic) bond motifs is 1. The highest BCUT2D eigenvalue weighted by molar-refractivity contribution is 7.99. The number of hydrogen-bond donors (Lipinski definition) is 1. The van der Waals surface area contributed by atoms with E-state index in [-0.39, 0.29) is 5.75 Å². The zero-order valence-electron chi connectivity index (χ0n) is 11.3. The SMILES string of the molecule is Cc1cnc(SCC(=O)O)n1-c1ccc2c(c1)CCC2.